The Morgan fingerprint density at radius 3 is 2.41 bits per heavy atom. The molecule has 17 nitrogen and oxygen atoms in total. The third-order valence-corrected chi connectivity index (χ3v) is 15.8. The summed E-state index contributed by atoms with van der Waals surface area (Å²) < 4.78 is 48.3. The molecule has 3 aliphatic heterocycles. The van der Waals surface area contributed by atoms with Crippen LogP contribution in [0.15, 0.2) is 102 Å². The normalized spacial score (nSPS) is 18.2. The summed E-state index contributed by atoms with van der Waals surface area (Å²) in [6.07, 6.45) is -0.422. The summed E-state index contributed by atoms with van der Waals surface area (Å²) in [6, 6.07) is 22.4. The van der Waals surface area contributed by atoms with E-state index >= 15 is 9.59 Å². The van der Waals surface area contributed by atoms with Gasteiger partial charge in [0.25, 0.3) is 11.8 Å². The van der Waals surface area contributed by atoms with Crippen LogP contribution in [-0.4, -0.2) is 105 Å². The first kappa shape index (κ1) is 54.6. The molecule has 22 heteroatoms. The number of rotatable bonds is 15. The van der Waals surface area contributed by atoms with Gasteiger partial charge < -0.3 is 39.9 Å². The monoisotopic (exact) mass is 1130 g/mol. The molecule has 2 fully saturated rings. The van der Waals surface area contributed by atoms with Gasteiger partial charge in [-0.05, 0) is 82.9 Å². The maximum Gasteiger partial charge on any atom is 0.399 e. The summed E-state index contributed by atoms with van der Waals surface area (Å²) in [4.78, 5) is 118. The van der Waals surface area contributed by atoms with Crippen LogP contribution in [0.2, 0.25) is 0 Å². The van der Waals surface area contributed by atoms with E-state index in [0.29, 0.717) is 27.1 Å². The van der Waals surface area contributed by atoms with Crippen molar-refractivity contribution in [2.75, 3.05) is 24.5 Å². The highest BCUT2D eigenvalue weighted by Gasteiger charge is 2.51. The molecule has 0 saturated carbocycles. The van der Waals surface area contributed by atoms with E-state index in [1.807, 2.05) is 30.3 Å². The van der Waals surface area contributed by atoms with E-state index in [4.69, 9.17) is 4.74 Å². The summed E-state index contributed by atoms with van der Waals surface area (Å²) in [5.41, 5.74) is -3.50. The van der Waals surface area contributed by atoms with Crippen LogP contribution in [0.1, 0.15) is 88.7 Å². The molecule has 0 radical (unpaired) electrons. The van der Waals surface area contributed by atoms with Gasteiger partial charge in [-0.25, -0.2) is 0 Å². The zero-order valence-corrected chi connectivity index (χ0v) is 44.1. The first-order valence-electron chi connectivity index (χ1n) is 23.8. The number of ether oxygens (including phenoxy) is 1. The third-order valence-electron chi connectivity index (χ3n) is 13.1. The van der Waals surface area contributed by atoms with Crippen LogP contribution in [0.4, 0.5) is 14.5 Å². The number of alkyl halides is 2. The summed E-state index contributed by atoms with van der Waals surface area (Å²) in [5.74, 6) is 2.41. The number of imide groups is 1. The van der Waals surface area contributed by atoms with Crippen LogP contribution in [0.25, 0.3) is 10.1 Å². The standard InChI is InChI=1S/C53H52BrF2N6O11PS/c1-52(2,3)46(59-48(66)43-26-33-25-34(14-20-42(33)75-43)53(55,56)74(70,71)72)51(69)61-28-37(73-30-31-9-5-4-6-10-31)27-41(61)50(68)60(36-17-15-35(54)16-18-36)24-22-44(63)57-23-8-12-32-11-7-13-38-39(32)29-62(49(38)67)40-19-21-45(64)58-47(40)65/h4-7,9-11,13-18,20,25-26,37,40-41,46H,19,21-24,27-30H2,1-3H3,(H,57,63)(H,59,66)(H,58,64,65)(H2,70,71,72)/t37-,40?,41+,46-/m1/s1. The average molecular weight is 1130 g/mol. The number of thiophene rings is 1. The summed E-state index contributed by atoms with van der Waals surface area (Å²) in [7, 11) is -5.87. The quantitative estimate of drug-likeness (QED) is 0.0427. The van der Waals surface area contributed by atoms with Crippen LogP contribution in [-0.2, 0) is 52.1 Å². The van der Waals surface area contributed by atoms with Crippen LogP contribution < -0.4 is 20.9 Å². The number of halogens is 3. The second-order valence-electron chi connectivity index (χ2n) is 19.4. The van der Waals surface area contributed by atoms with E-state index in [2.05, 4.69) is 43.7 Å². The number of hydrogen-bond acceptors (Lipinski definition) is 10. The van der Waals surface area contributed by atoms with Gasteiger partial charge in [0, 0.05) is 70.4 Å². The van der Waals surface area contributed by atoms with E-state index in [1.165, 1.54) is 26.8 Å². The highest BCUT2D eigenvalue weighted by molar-refractivity contribution is 9.10. The lowest BCUT2D eigenvalue weighted by molar-refractivity contribution is -0.141. The Morgan fingerprint density at radius 1 is 0.987 bits per heavy atom. The number of piperidine rings is 1. The smallest absolute Gasteiger partial charge is 0.372 e. The number of nitrogens with zero attached hydrogens (tertiary/aromatic N) is 3. The molecule has 1 unspecified atom stereocenters. The zero-order chi connectivity index (χ0) is 54.0. The lowest BCUT2D eigenvalue weighted by Gasteiger charge is -2.36. The Labute approximate surface area is 442 Å². The number of amides is 7. The van der Waals surface area contributed by atoms with E-state index in [9.17, 15) is 47.1 Å². The molecule has 7 amide bonds. The highest BCUT2D eigenvalue weighted by Crippen LogP contribution is 2.59. The second-order valence-corrected chi connectivity index (χ2v) is 23.1. The van der Waals surface area contributed by atoms with Crippen molar-refractivity contribution in [3.63, 3.8) is 0 Å². The van der Waals surface area contributed by atoms with Crippen molar-refractivity contribution in [3.8, 4) is 11.8 Å². The molecule has 0 bridgehead atoms. The van der Waals surface area contributed by atoms with Gasteiger partial charge in [0.1, 0.15) is 18.1 Å². The van der Waals surface area contributed by atoms with Crippen molar-refractivity contribution in [2.24, 2.45) is 5.41 Å². The number of anilines is 1. The first-order chi connectivity index (χ1) is 35.5. The van der Waals surface area contributed by atoms with Crippen LogP contribution in [0.5, 0.6) is 0 Å². The van der Waals surface area contributed by atoms with Gasteiger partial charge in [-0.1, -0.05) is 91.0 Å². The lowest BCUT2D eigenvalue weighted by Crippen LogP contribution is -2.58. The number of fused-ring (bicyclic) bond motifs is 2. The molecule has 0 aliphatic carbocycles. The van der Waals surface area contributed by atoms with Gasteiger partial charge in [-0.2, -0.15) is 8.78 Å². The predicted molar refractivity (Wildman–Crippen MR) is 277 cm³/mol. The molecule has 8 rings (SSSR count). The number of nitrogens with one attached hydrogen (secondary N) is 3. The Balaban J connectivity index is 0.993. The molecule has 4 aromatic carbocycles. The van der Waals surface area contributed by atoms with E-state index < -0.39 is 78.0 Å². The Kier molecular flexibility index (Phi) is 16.2. The lowest BCUT2D eigenvalue weighted by atomic mass is 9.85. The number of likely N-dealkylation sites (tertiary alicyclic amines) is 1. The molecule has 0 spiro atoms. The molecule has 1 aromatic heterocycles. The molecule has 4 heterocycles. The Hall–Kier alpha value is -6.66. The Morgan fingerprint density at radius 2 is 1.72 bits per heavy atom. The third kappa shape index (κ3) is 12.2. The second kappa shape index (κ2) is 22.3. The topological polar surface area (TPSA) is 232 Å². The highest BCUT2D eigenvalue weighted by atomic mass is 79.9. The fourth-order valence-corrected chi connectivity index (χ4v) is 10.9. The minimum Gasteiger partial charge on any atom is -0.372 e. The minimum absolute atomic E-state index is 0.0333. The van der Waals surface area contributed by atoms with Gasteiger partial charge in [0.15, 0.2) is 0 Å². The largest absolute Gasteiger partial charge is 0.399 e. The summed E-state index contributed by atoms with van der Waals surface area (Å²) >= 11 is 4.37. The predicted octanol–water partition coefficient (Wildman–Crippen LogP) is 6.57. The van der Waals surface area contributed by atoms with Crippen LogP contribution in [0, 0.1) is 17.3 Å². The number of benzene rings is 4. The van der Waals surface area contributed by atoms with Gasteiger partial charge in [-0.3, -0.25) is 43.4 Å². The van der Waals surface area contributed by atoms with Crippen molar-refractivity contribution in [1.29, 1.82) is 0 Å². The van der Waals surface area contributed by atoms with Crippen LogP contribution in [0.3, 0.4) is 0 Å². The molecule has 4 atom stereocenters. The van der Waals surface area contributed by atoms with Crippen molar-refractivity contribution in [2.45, 2.75) is 89.5 Å². The number of carbonyl (C=O) groups excluding carboxylic acids is 7. The molecule has 5 N–H and O–H groups in total. The Bertz CT molecular complexity index is 3190. The molecular formula is C53H52BrF2N6O11PS. The van der Waals surface area contributed by atoms with Gasteiger partial charge in [0.2, 0.25) is 29.5 Å². The molecule has 392 valence electrons. The fraction of sp³-hybridized carbons (Fsp3) is 0.340. The maximum atomic E-state index is 15.1. The average Bonchev–Trinajstić information content (AvgIpc) is 4.09. The number of hydrogen-bond donors (Lipinski definition) is 5. The summed E-state index contributed by atoms with van der Waals surface area (Å²) in [6.45, 7) is 5.26. The molecule has 5 aromatic rings. The van der Waals surface area contributed by atoms with Crippen molar-refractivity contribution in [1.82, 2.24) is 25.8 Å². The summed E-state index contributed by atoms with van der Waals surface area (Å²) in [5, 5.41) is 8.01. The molecule has 3 aliphatic rings. The van der Waals surface area contributed by atoms with Crippen LogP contribution >= 0.6 is 34.9 Å². The maximum absolute atomic E-state index is 15.1. The van der Waals surface area contributed by atoms with E-state index in [1.54, 1.807) is 63.2 Å². The fourth-order valence-electron chi connectivity index (χ4n) is 9.17. The van der Waals surface area contributed by atoms with Gasteiger partial charge in [-0.15, -0.1) is 11.3 Å². The molecular weight excluding hydrogens is 1080 g/mol. The van der Waals surface area contributed by atoms with Crippen molar-refractivity contribution >= 4 is 92.0 Å². The number of carbonyl (C=O) groups is 7. The minimum atomic E-state index is -5.87. The first-order valence-corrected chi connectivity index (χ1v) is 27.1. The molecule has 2 saturated heterocycles. The van der Waals surface area contributed by atoms with Gasteiger partial charge in [0.05, 0.1) is 24.1 Å². The van der Waals surface area contributed by atoms with Gasteiger partial charge >= 0.3 is 13.3 Å². The SMILES string of the molecule is CC(C)(C)[C@H](NC(=O)c1cc2cc(C(F)(F)P(=O)(O)O)ccc2s1)C(=O)N1C[C@H](OCc2ccccc2)C[C@H]1C(=O)N(CCC(=O)NCC#Cc1cccc2c1CN(C1CCC(=O)NC1=O)C2=O)c1ccc(Br)cc1. The zero-order valence-electron chi connectivity index (χ0n) is 40.8. The van der Waals surface area contributed by atoms with Crippen molar-refractivity contribution in [3.05, 3.63) is 134 Å². The van der Waals surface area contributed by atoms with Crippen molar-refractivity contribution < 1.29 is 61.4 Å². The van der Waals surface area contributed by atoms with E-state index in [-0.39, 0.29) is 80.5 Å². The van der Waals surface area contributed by atoms with E-state index in [0.717, 1.165) is 33.5 Å². The molecule has 75 heavy (non-hydrogen) atoms.